The van der Waals surface area contributed by atoms with Gasteiger partial charge in [0.1, 0.15) is 10.6 Å². The molecule has 0 aliphatic carbocycles. The fourth-order valence-corrected chi connectivity index (χ4v) is 4.98. The number of aryl methyl sites for hydroxylation is 2. The highest BCUT2D eigenvalue weighted by Gasteiger charge is 2.24. The zero-order chi connectivity index (χ0) is 23.4. The lowest BCUT2D eigenvalue weighted by Crippen LogP contribution is -2.19. The van der Waals surface area contributed by atoms with Crippen molar-refractivity contribution < 1.29 is 9.53 Å². The predicted molar refractivity (Wildman–Crippen MR) is 138 cm³/mol. The van der Waals surface area contributed by atoms with Crippen molar-refractivity contribution in [1.82, 2.24) is 9.78 Å². The molecule has 0 saturated carbocycles. The van der Waals surface area contributed by atoms with E-state index in [0.29, 0.717) is 22.2 Å². The van der Waals surface area contributed by atoms with Gasteiger partial charge in [0.25, 0.3) is 0 Å². The summed E-state index contributed by atoms with van der Waals surface area (Å²) in [6.07, 6.45) is 3.62. The molecule has 0 amide bonds. The van der Waals surface area contributed by atoms with Crippen molar-refractivity contribution in [2.75, 3.05) is 17.7 Å². The minimum Gasteiger partial charge on any atom is -0.465 e. The molecule has 4 rings (SSSR count). The fraction of sp³-hybridized carbons (Fsp3) is 0.160. The lowest BCUT2D eigenvalue weighted by atomic mass is 10.0. The van der Waals surface area contributed by atoms with E-state index >= 15 is 0 Å². The molecule has 2 N–H and O–H groups in total. The molecule has 0 fully saturated rings. The predicted octanol–water partition coefficient (Wildman–Crippen LogP) is 5.87. The Bertz CT molecular complexity index is 1290. The van der Waals surface area contributed by atoms with E-state index in [4.69, 9.17) is 17.0 Å². The van der Waals surface area contributed by atoms with Gasteiger partial charge in [-0.3, -0.25) is 4.68 Å². The second kappa shape index (κ2) is 9.97. The number of nitrogens with one attached hydrogen (secondary N) is 2. The average molecular weight is 477 g/mol. The molecule has 0 radical (unpaired) electrons. The van der Waals surface area contributed by atoms with Gasteiger partial charge in [0.15, 0.2) is 5.11 Å². The van der Waals surface area contributed by atoms with E-state index in [-0.39, 0.29) is 0 Å². The highest BCUT2D eigenvalue weighted by atomic mass is 32.1. The summed E-state index contributed by atoms with van der Waals surface area (Å²) in [5, 5.41) is 11.8. The number of carbonyl (C=O) groups is 1. The Hall–Kier alpha value is -3.49. The van der Waals surface area contributed by atoms with E-state index in [1.165, 1.54) is 29.6 Å². The summed E-state index contributed by atoms with van der Waals surface area (Å²) in [6, 6.07) is 18.0. The number of thiocarbonyl (C=S) groups is 1. The second-order valence-electron chi connectivity index (χ2n) is 7.53. The van der Waals surface area contributed by atoms with Crippen molar-refractivity contribution in [1.29, 1.82) is 0 Å². The molecule has 4 aromatic rings. The number of aromatic nitrogens is 2. The highest BCUT2D eigenvalue weighted by molar-refractivity contribution is 7.80. The summed E-state index contributed by atoms with van der Waals surface area (Å²) in [4.78, 5) is 13.7. The maximum Gasteiger partial charge on any atom is 0.341 e. The molecular weight excluding hydrogens is 452 g/mol. The SMILES string of the molecule is COC(=O)c1c(NC(=S)Nc2cnn(Cc3ccccc3C)c2)sc(C)c1-c1ccccc1. The Morgan fingerprint density at radius 3 is 2.55 bits per heavy atom. The summed E-state index contributed by atoms with van der Waals surface area (Å²) in [5.74, 6) is -0.408. The number of carbonyl (C=O) groups excluding carboxylic acids is 1. The third kappa shape index (κ3) is 5.13. The number of benzene rings is 2. The number of methoxy groups -OCH3 is 1. The summed E-state index contributed by atoms with van der Waals surface area (Å²) >= 11 is 6.99. The number of hydrogen-bond acceptors (Lipinski definition) is 5. The van der Waals surface area contributed by atoms with Crippen molar-refractivity contribution in [3.05, 3.63) is 88.6 Å². The molecule has 0 aliphatic rings. The zero-order valence-electron chi connectivity index (χ0n) is 18.6. The molecule has 0 atom stereocenters. The van der Waals surface area contributed by atoms with Gasteiger partial charge in [-0.05, 0) is 42.8 Å². The Morgan fingerprint density at radius 1 is 1.09 bits per heavy atom. The van der Waals surface area contributed by atoms with Crippen LogP contribution in [0.3, 0.4) is 0 Å². The summed E-state index contributed by atoms with van der Waals surface area (Å²) in [7, 11) is 1.38. The normalized spacial score (nSPS) is 10.6. The maximum atomic E-state index is 12.7. The van der Waals surface area contributed by atoms with Gasteiger partial charge in [-0.25, -0.2) is 4.79 Å². The van der Waals surface area contributed by atoms with Crippen molar-refractivity contribution in [3.8, 4) is 11.1 Å². The van der Waals surface area contributed by atoms with E-state index in [0.717, 1.165) is 21.7 Å². The monoisotopic (exact) mass is 476 g/mol. The standard InChI is InChI=1S/C25H24N4O2S2/c1-16-9-7-8-12-19(16)14-29-15-20(13-26-29)27-25(32)28-23-22(24(30)31-3)21(17(2)33-23)18-10-5-4-6-11-18/h4-13,15H,14H2,1-3H3,(H2,27,28,32). The van der Waals surface area contributed by atoms with Crippen LogP contribution >= 0.6 is 23.6 Å². The Labute approximate surface area is 202 Å². The lowest BCUT2D eigenvalue weighted by Gasteiger charge is -2.10. The van der Waals surface area contributed by atoms with E-state index in [1.54, 1.807) is 6.20 Å². The van der Waals surface area contributed by atoms with E-state index in [9.17, 15) is 4.79 Å². The van der Waals surface area contributed by atoms with E-state index in [2.05, 4.69) is 34.8 Å². The van der Waals surface area contributed by atoms with Gasteiger partial charge < -0.3 is 15.4 Å². The maximum absolute atomic E-state index is 12.7. The number of nitrogens with zero attached hydrogens (tertiary/aromatic N) is 2. The lowest BCUT2D eigenvalue weighted by molar-refractivity contribution is 0.0603. The number of thiophene rings is 1. The minimum absolute atomic E-state index is 0.372. The first-order valence-electron chi connectivity index (χ1n) is 10.4. The molecular formula is C25H24N4O2S2. The van der Waals surface area contributed by atoms with Crippen molar-refractivity contribution in [3.63, 3.8) is 0 Å². The van der Waals surface area contributed by atoms with Gasteiger partial charge in [0.05, 0.1) is 25.5 Å². The average Bonchev–Trinajstić information content (AvgIpc) is 3.38. The molecule has 0 saturated heterocycles. The fourth-order valence-electron chi connectivity index (χ4n) is 3.62. The van der Waals surface area contributed by atoms with Gasteiger partial charge in [0, 0.05) is 16.6 Å². The number of hydrogen-bond donors (Lipinski definition) is 2. The molecule has 0 unspecified atom stereocenters. The number of anilines is 2. The van der Waals surface area contributed by atoms with Gasteiger partial charge >= 0.3 is 5.97 Å². The van der Waals surface area contributed by atoms with Crippen LogP contribution in [0.2, 0.25) is 0 Å². The quantitative estimate of drug-likeness (QED) is 0.268. The molecule has 0 spiro atoms. The molecule has 2 aromatic carbocycles. The Balaban J connectivity index is 1.52. The van der Waals surface area contributed by atoms with Crippen LogP contribution in [0.1, 0.15) is 26.4 Å². The molecule has 33 heavy (non-hydrogen) atoms. The molecule has 2 heterocycles. The molecule has 6 nitrogen and oxygen atoms in total. The second-order valence-corrected chi connectivity index (χ2v) is 9.16. The first kappa shape index (κ1) is 22.7. The van der Waals surface area contributed by atoms with Crippen LogP contribution in [0.25, 0.3) is 11.1 Å². The third-order valence-electron chi connectivity index (χ3n) is 5.25. The topological polar surface area (TPSA) is 68.2 Å². The van der Waals surface area contributed by atoms with Gasteiger partial charge in [-0.15, -0.1) is 11.3 Å². The van der Waals surface area contributed by atoms with E-state index < -0.39 is 5.97 Å². The smallest absolute Gasteiger partial charge is 0.341 e. The Kier molecular flexibility index (Phi) is 6.86. The number of rotatable bonds is 6. The largest absolute Gasteiger partial charge is 0.465 e. The van der Waals surface area contributed by atoms with Gasteiger partial charge in [-0.2, -0.15) is 5.10 Å². The number of ether oxygens (including phenoxy) is 1. The van der Waals surface area contributed by atoms with E-state index in [1.807, 2.05) is 60.3 Å². The molecule has 2 aromatic heterocycles. The highest BCUT2D eigenvalue weighted by Crippen LogP contribution is 2.40. The summed E-state index contributed by atoms with van der Waals surface area (Å²) in [5.41, 5.74) is 5.47. The van der Waals surface area contributed by atoms with Crippen molar-refractivity contribution in [2.45, 2.75) is 20.4 Å². The van der Waals surface area contributed by atoms with Gasteiger partial charge in [-0.1, -0.05) is 54.6 Å². The molecule has 0 bridgehead atoms. The summed E-state index contributed by atoms with van der Waals surface area (Å²) in [6.45, 7) is 4.74. The van der Waals surface area contributed by atoms with Crippen LogP contribution in [0.4, 0.5) is 10.7 Å². The molecule has 0 aliphatic heterocycles. The third-order valence-corrected chi connectivity index (χ3v) is 6.47. The van der Waals surface area contributed by atoms with Crippen LogP contribution in [0.5, 0.6) is 0 Å². The van der Waals surface area contributed by atoms with Gasteiger partial charge in [0.2, 0.25) is 0 Å². The van der Waals surface area contributed by atoms with Crippen LogP contribution in [0.15, 0.2) is 67.0 Å². The van der Waals surface area contributed by atoms with Crippen molar-refractivity contribution in [2.24, 2.45) is 0 Å². The zero-order valence-corrected chi connectivity index (χ0v) is 20.2. The van der Waals surface area contributed by atoms with Crippen LogP contribution in [0, 0.1) is 13.8 Å². The summed E-state index contributed by atoms with van der Waals surface area (Å²) < 4.78 is 6.93. The Morgan fingerprint density at radius 2 is 1.82 bits per heavy atom. The molecule has 8 heteroatoms. The van der Waals surface area contributed by atoms with Crippen LogP contribution in [-0.4, -0.2) is 28.0 Å². The van der Waals surface area contributed by atoms with Crippen molar-refractivity contribution >= 4 is 45.3 Å². The van der Waals surface area contributed by atoms with Crippen LogP contribution < -0.4 is 10.6 Å². The molecule has 168 valence electrons. The first-order chi connectivity index (χ1) is 16.0. The first-order valence-corrected chi connectivity index (χ1v) is 11.6. The number of esters is 1. The van der Waals surface area contributed by atoms with Crippen LogP contribution in [-0.2, 0) is 11.3 Å². The minimum atomic E-state index is -0.408.